The molecule has 2 nitrogen and oxygen atoms in total. The molecule has 1 heterocycles. The van der Waals surface area contributed by atoms with Gasteiger partial charge < -0.3 is 4.98 Å². The Kier molecular flexibility index (Phi) is 5.23. The molecule has 0 aromatic carbocycles. The van der Waals surface area contributed by atoms with Crippen LogP contribution in [0.3, 0.4) is 0 Å². The van der Waals surface area contributed by atoms with Crippen molar-refractivity contribution in [2.45, 2.75) is 85.5 Å². The van der Waals surface area contributed by atoms with Crippen LogP contribution >= 0.6 is 0 Å². The van der Waals surface area contributed by atoms with Gasteiger partial charge in [0.15, 0.2) is 0 Å². The zero-order valence-electron chi connectivity index (χ0n) is 14.1. The fourth-order valence-electron chi connectivity index (χ4n) is 2.44. The number of rotatable bonds is 5. The number of nitrogens with zero attached hydrogens (tertiary/aromatic N) is 1. The third-order valence-electron chi connectivity index (χ3n) is 4.11. The molecular formula is C17H32N2. The van der Waals surface area contributed by atoms with Crippen LogP contribution < -0.4 is 0 Å². The molecule has 0 fully saturated rings. The lowest BCUT2D eigenvalue weighted by molar-refractivity contribution is 0.508. The molecule has 0 spiro atoms. The Hall–Kier alpha value is -0.790. The third kappa shape index (κ3) is 3.84. The molecule has 0 bridgehead atoms. The lowest BCUT2D eigenvalue weighted by atomic mass is 9.87. The minimum atomic E-state index is 0.114. The van der Waals surface area contributed by atoms with Gasteiger partial charge in [-0.05, 0) is 18.3 Å². The van der Waals surface area contributed by atoms with Crippen molar-refractivity contribution in [2.75, 3.05) is 0 Å². The van der Waals surface area contributed by atoms with Gasteiger partial charge in [0.25, 0.3) is 0 Å². The Labute approximate surface area is 119 Å². The van der Waals surface area contributed by atoms with Gasteiger partial charge in [-0.3, -0.25) is 0 Å². The first-order valence-electron chi connectivity index (χ1n) is 7.78. The lowest BCUT2D eigenvalue weighted by Gasteiger charge is -2.20. The number of hydrogen-bond donors (Lipinski definition) is 1. The molecule has 2 heteroatoms. The molecule has 0 saturated heterocycles. The molecule has 1 rings (SSSR count). The van der Waals surface area contributed by atoms with Crippen LogP contribution in [0.4, 0.5) is 0 Å². The first kappa shape index (κ1) is 16.3. The van der Waals surface area contributed by atoms with Gasteiger partial charge in [-0.25, -0.2) is 4.98 Å². The van der Waals surface area contributed by atoms with Crippen LogP contribution in [0.25, 0.3) is 0 Å². The first-order valence-corrected chi connectivity index (χ1v) is 7.78. The second-order valence-corrected chi connectivity index (χ2v) is 7.36. The maximum absolute atomic E-state index is 4.95. The fraction of sp³-hybridized carbons (Fsp3) is 0.824. The van der Waals surface area contributed by atoms with E-state index in [2.05, 4.69) is 60.4 Å². The van der Waals surface area contributed by atoms with Gasteiger partial charge in [-0.2, -0.15) is 0 Å². The zero-order chi connectivity index (χ0) is 14.8. The van der Waals surface area contributed by atoms with E-state index in [1.165, 1.54) is 24.2 Å². The van der Waals surface area contributed by atoms with E-state index in [-0.39, 0.29) is 5.41 Å². The van der Waals surface area contributed by atoms with E-state index >= 15 is 0 Å². The summed E-state index contributed by atoms with van der Waals surface area (Å²) in [6, 6.07) is 0. The van der Waals surface area contributed by atoms with Crippen molar-refractivity contribution in [3.63, 3.8) is 0 Å². The molecule has 0 aliphatic carbocycles. The topological polar surface area (TPSA) is 28.7 Å². The fourth-order valence-corrected chi connectivity index (χ4v) is 2.44. The Morgan fingerprint density at radius 2 is 1.68 bits per heavy atom. The van der Waals surface area contributed by atoms with Crippen LogP contribution in [-0.4, -0.2) is 9.97 Å². The van der Waals surface area contributed by atoms with E-state index in [4.69, 9.17) is 4.98 Å². The molecule has 0 aliphatic rings. The summed E-state index contributed by atoms with van der Waals surface area (Å²) in [6.45, 7) is 18.1. The van der Waals surface area contributed by atoms with Crippen molar-refractivity contribution in [1.82, 2.24) is 9.97 Å². The van der Waals surface area contributed by atoms with E-state index < -0.39 is 0 Å². The molecule has 1 N–H and O–H groups in total. The number of imidazole rings is 1. The highest BCUT2D eigenvalue weighted by Crippen LogP contribution is 2.33. The highest BCUT2D eigenvalue weighted by molar-refractivity contribution is 5.26. The second-order valence-electron chi connectivity index (χ2n) is 7.36. The summed E-state index contributed by atoms with van der Waals surface area (Å²) in [5, 5.41) is 0. The molecule has 2 atom stereocenters. The van der Waals surface area contributed by atoms with Gasteiger partial charge in [0.05, 0.1) is 5.69 Å². The van der Waals surface area contributed by atoms with Crippen molar-refractivity contribution in [3.05, 3.63) is 17.2 Å². The van der Waals surface area contributed by atoms with Crippen LogP contribution in [0.1, 0.15) is 97.3 Å². The summed E-state index contributed by atoms with van der Waals surface area (Å²) >= 11 is 0. The van der Waals surface area contributed by atoms with E-state index in [0.717, 1.165) is 5.82 Å². The lowest BCUT2D eigenvalue weighted by Crippen LogP contribution is -2.15. The van der Waals surface area contributed by atoms with Gasteiger partial charge in [-0.15, -0.1) is 0 Å². The van der Waals surface area contributed by atoms with E-state index in [1.807, 2.05) is 0 Å². The Morgan fingerprint density at radius 3 is 2.11 bits per heavy atom. The molecule has 19 heavy (non-hydrogen) atoms. The minimum absolute atomic E-state index is 0.114. The van der Waals surface area contributed by atoms with Crippen LogP contribution in [0.15, 0.2) is 0 Å². The molecule has 0 radical (unpaired) electrons. The number of hydrogen-bond acceptors (Lipinski definition) is 1. The largest absolute Gasteiger partial charge is 0.345 e. The van der Waals surface area contributed by atoms with E-state index in [0.29, 0.717) is 17.8 Å². The normalized spacial score (nSPS) is 15.8. The van der Waals surface area contributed by atoms with Crippen molar-refractivity contribution < 1.29 is 0 Å². The molecular weight excluding hydrogens is 232 g/mol. The monoisotopic (exact) mass is 264 g/mol. The first-order chi connectivity index (χ1) is 8.68. The van der Waals surface area contributed by atoms with Gasteiger partial charge in [0, 0.05) is 17.0 Å². The van der Waals surface area contributed by atoms with Crippen LogP contribution in [-0.2, 0) is 5.41 Å². The molecule has 1 aromatic rings. The average molecular weight is 264 g/mol. The Morgan fingerprint density at radius 1 is 1.11 bits per heavy atom. The van der Waals surface area contributed by atoms with Crippen LogP contribution in [0.5, 0.6) is 0 Å². The van der Waals surface area contributed by atoms with Crippen LogP contribution in [0.2, 0.25) is 0 Å². The maximum Gasteiger partial charge on any atom is 0.109 e. The zero-order valence-corrected chi connectivity index (χ0v) is 14.1. The highest BCUT2D eigenvalue weighted by Gasteiger charge is 2.27. The van der Waals surface area contributed by atoms with Crippen molar-refractivity contribution in [3.8, 4) is 0 Å². The van der Waals surface area contributed by atoms with Gasteiger partial charge in [0.1, 0.15) is 5.82 Å². The highest BCUT2D eigenvalue weighted by atomic mass is 15.0. The summed E-state index contributed by atoms with van der Waals surface area (Å²) in [6.07, 6.45) is 2.44. The van der Waals surface area contributed by atoms with E-state index in [9.17, 15) is 0 Å². The summed E-state index contributed by atoms with van der Waals surface area (Å²) in [5.74, 6) is 2.84. The van der Waals surface area contributed by atoms with Gasteiger partial charge >= 0.3 is 0 Å². The van der Waals surface area contributed by atoms with Gasteiger partial charge in [-0.1, -0.05) is 61.8 Å². The molecule has 110 valence electrons. The summed E-state index contributed by atoms with van der Waals surface area (Å²) in [5.41, 5.74) is 2.73. The molecule has 2 unspecified atom stereocenters. The Balaban J connectivity index is 3.20. The predicted molar refractivity (Wildman–Crippen MR) is 83.9 cm³/mol. The standard InChI is InChI=1S/C17H32N2/c1-9-10-12(4)14-15(17(6,7)8)19-16(18-14)13(5)11(2)3/h11-13H,9-10H2,1-8H3,(H,18,19). The number of H-pyrrole nitrogens is 1. The summed E-state index contributed by atoms with van der Waals surface area (Å²) in [7, 11) is 0. The SMILES string of the molecule is CCCC(C)c1[nH]c(C(C)C(C)C)nc1C(C)(C)C. The van der Waals surface area contributed by atoms with Crippen molar-refractivity contribution in [2.24, 2.45) is 5.92 Å². The number of aromatic amines is 1. The van der Waals surface area contributed by atoms with Gasteiger partial charge in [0.2, 0.25) is 0 Å². The van der Waals surface area contributed by atoms with E-state index in [1.54, 1.807) is 0 Å². The maximum atomic E-state index is 4.95. The predicted octanol–water partition coefficient (Wildman–Crippen LogP) is 5.37. The average Bonchev–Trinajstić information content (AvgIpc) is 2.72. The smallest absolute Gasteiger partial charge is 0.109 e. The number of nitrogens with one attached hydrogen (secondary N) is 1. The Bertz CT molecular complexity index is 396. The molecule has 0 aliphatic heterocycles. The minimum Gasteiger partial charge on any atom is -0.345 e. The third-order valence-corrected chi connectivity index (χ3v) is 4.11. The van der Waals surface area contributed by atoms with Crippen molar-refractivity contribution >= 4 is 0 Å². The number of aromatic nitrogens is 2. The molecule has 1 aromatic heterocycles. The second kappa shape index (κ2) is 6.11. The quantitative estimate of drug-likeness (QED) is 0.761. The molecule has 0 amide bonds. The van der Waals surface area contributed by atoms with Crippen LogP contribution in [0, 0.1) is 5.92 Å². The molecule has 0 saturated carbocycles. The summed E-state index contributed by atoms with van der Waals surface area (Å²) < 4.78 is 0. The summed E-state index contributed by atoms with van der Waals surface area (Å²) in [4.78, 5) is 8.59. The van der Waals surface area contributed by atoms with Crippen molar-refractivity contribution in [1.29, 1.82) is 0 Å².